The fraction of sp³-hybridized carbons (Fsp3) is 0.133. The molecule has 1 aliphatic rings. The number of benzene rings is 3. The molecule has 2 heterocycles. The third-order valence-electron chi connectivity index (χ3n) is 6.63. The van der Waals surface area contributed by atoms with E-state index in [1.807, 2.05) is 50.2 Å². The van der Waals surface area contributed by atoms with Crippen LogP contribution < -0.4 is 20.5 Å². The van der Waals surface area contributed by atoms with Gasteiger partial charge in [-0.1, -0.05) is 77.9 Å². The Morgan fingerprint density at radius 3 is 2.13 bits per heavy atom. The van der Waals surface area contributed by atoms with Crippen LogP contribution in [0.1, 0.15) is 28.2 Å². The summed E-state index contributed by atoms with van der Waals surface area (Å²) in [6.45, 7) is 3.87. The van der Waals surface area contributed by atoms with E-state index in [0.29, 0.717) is 10.1 Å². The molecule has 4 aromatic rings. The number of hydrogen-bond acceptors (Lipinski definition) is 7. The van der Waals surface area contributed by atoms with E-state index in [4.69, 9.17) is 10.5 Å². The number of esters is 1. The van der Waals surface area contributed by atoms with Gasteiger partial charge in [0, 0.05) is 0 Å². The summed E-state index contributed by atoms with van der Waals surface area (Å²) in [6.07, 6.45) is 1.70. The van der Waals surface area contributed by atoms with Crippen LogP contribution in [0.25, 0.3) is 17.5 Å². The van der Waals surface area contributed by atoms with Crippen molar-refractivity contribution in [1.29, 1.82) is 0 Å². The van der Waals surface area contributed by atoms with Crippen LogP contribution in [0.15, 0.2) is 93.5 Å². The first-order valence-corrected chi connectivity index (χ1v) is 14.4. The fourth-order valence-electron chi connectivity index (χ4n) is 4.62. The van der Waals surface area contributed by atoms with Crippen molar-refractivity contribution >= 4 is 44.6 Å². The summed E-state index contributed by atoms with van der Waals surface area (Å²) in [5.74, 6) is -2.07. The molecular formula is C30H26N2O5S2. The molecule has 0 fully saturated rings. The van der Waals surface area contributed by atoms with E-state index in [-0.39, 0.29) is 25.9 Å². The lowest BCUT2D eigenvalue weighted by molar-refractivity contribution is -0.134. The SMILES string of the molecule is COC(=O)C1=c2s/c(=C/c3ccc(C)cc3)c(=O)n2C(N)=C(S(=O)(=O)c2ccccc2)[C@@H]1c1ccc(C)cc1. The van der Waals surface area contributed by atoms with E-state index in [2.05, 4.69) is 0 Å². The predicted molar refractivity (Wildman–Crippen MR) is 153 cm³/mol. The quantitative estimate of drug-likeness (QED) is 0.377. The zero-order chi connectivity index (χ0) is 27.9. The number of carbonyl (C=O) groups excluding carboxylic acids is 1. The molecule has 1 aromatic heterocycles. The van der Waals surface area contributed by atoms with E-state index >= 15 is 0 Å². The van der Waals surface area contributed by atoms with Gasteiger partial charge in [-0.15, -0.1) is 11.3 Å². The number of carbonyl (C=O) groups is 1. The van der Waals surface area contributed by atoms with E-state index < -0.39 is 27.3 Å². The molecule has 39 heavy (non-hydrogen) atoms. The van der Waals surface area contributed by atoms with Crippen molar-refractivity contribution in [3.63, 3.8) is 0 Å². The zero-order valence-electron chi connectivity index (χ0n) is 21.5. The number of sulfone groups is 1. The monoisotopic (exact) mass is 558 g/mol. The number of methoxy groups -OCH3 is 1. The normalized spacial score (nSPS) is 15.8. The Balaban J connectivity index is 1.92. The fourth-order valence-corrected chi connectivity index (χ4v) is 7.49. The third kappa shape index (κ3) is 4.64. The van der Waals surface area contributed by atoms with Gasteiger partial charge >= 0.3 is 5.97 Å². The van der Waals surface area contributed by atoms with Gasteiger partial charge in [-0.2, -0.15) is 0 Å². The van der Waals surface area contributed by atoms with Crippen LogP contribution in [0.3, 0.4) is 0 Å². The zero-order valence-corrected chi connectivity index (χ0v) is 23.2. The first kappa shape index (κ1) is 26.4. The number of rotatable bonds is 5. The lowest BCUT2D eigenvalue weighted by Crippen LogP contribution is -2.41. The highest BCUT2D eigenvalue weighted by Gasteiger charge is 2.42. The second kappa shape index (κ2) is 10.2. The van der Waals surface area contributed by atoms with Crippen molar-refractivity contribution in [3.05, 3.63) is 126 Å². The van der Waals surface area contributed by atoms with Gasteiger partial charge in [0.25, 0.3) is 5.56 Å². The molecule has 0 spiro atoms. The predicted octanol–water partition coefficient (Wildman–Crippen LogP) is 3.04. The summed E-state index contributed by atoms with van der Waals surface area (Å²) in [6, 6.07) is 22.6. The Hall–Kier alpha value is -4.21. The van der Waals surface area contributed by atoms with Crippen LogP contribution >= 0.6 is 11.3 Å². The first-order chi connectivity index (χ1) is 18.6. The minimum atomic E-state index is -4.25. The number of hydrogen-bond donors (Lipinski definition) is 1. The molecular weight excluding hydrogens is 532 g/mol. The Kier molecular flexibility index (Phi) is 6.88. The molecule has 0 unspecified atom stereocenters. The van der Waals surface area contributed by atoms with Crippen molar-refractivity contribution in [2.75, 3.05) is 7.11 Å². The van der Waals surface area contributed by atoms with E-state index in [9.17, 15) is 18.0 Å². The minimum Gasteiger partial charge on any atom is -0.466 e. The van der Waals surface area contributed by atoms with E-state index in [1.165, 1.54) is 19.2 Å². The van der Waals surface area contributed by atoms with E-state index in [1.54, 1.807) is 36.4 Å². The highest BCUT2D eigenvalue weighted by molar-refractivity contribution is 7.95. The molecule has 1 aliphatic heterocycles. The Morgan fingerprint density at radius 2 is 1.54 bits per heavy atom. The van der Waals surface area contributed by atoms with Crippen molar-refractivity contribution < 1.29 is 17.9 Å². The molecule has 0 saturated heterocycles. The highest BCUT2D eigenvalue weighted by Crippen LogP contribution is 2.42. The van der Waals surface area contributed by atoms with Gasteiger partial charge in [-0.3, -0.25) is 9.36 Å². The highest BCUT2D eigenvalue weighted by atomic mass is 32.2. The Bertz CT molecular complexity index is 1900. The second-order valence-corrected chi connectivity index (χ2v) is 12.2. The Morgan fingerprint density at radius 1 is 0.949 bits per heavy atom. The van der Waals surface area contributed by atoms with Gasteiger partial charge in [-0.05, 0) is 43.2 Å². The number of allylic oxidation sites excluding steroid dienone is 1. The average Bonchev–Trinajstić information content (AvgIpc) is 3.25. The van der Waals surface area contributed by atoms with Crippen LogP contribution in [-0.2, 0) is 19.4 Å². The van der Waals surface area contributed by atoms with Crippen LogP contribution in [0, 0.1) is 13.8 Å². The smallest absolute Gasteiger partial charge is 0.337 e. The van der Waals surface area contributed by atoms with Crippen LogP contribution in [0.2, 0.25) is 0 Å². The number of fused-ring (bicyclic) bond motifs is 1. The molecule has 1 atom stereocenters. The summed E-state index contributed by atoms with van der Waals surface area (Å²) >= 11 is 1.07. The van der Waals surface area contributed by atoms with Gasteiger partial charge in [0.1, 0.15) is 15.4 Å². The summed E-state index contributed by atoms with van der Waals surface area (Å²) in [5.41, 5.74) is 9.46. The summed E-state index contributed by atoms with van der Waals surface area (Å²) in [7, 11) is -3.02. The molecule has 0 aliphatic carbocycles. The number of ether oxygens (including phenoxy) is 1. The molecule has 0 amide bonds. The molecule has 9 heteroatoms. The minimum absolute atomic E-state index is 0.00227. The maximum atomic E-state index is 14.1. The molecule has 0 bridgehead atoms. The number of nitrogens with zero attached hydrogens (tertiary/aromatic N) is 1. The van der Waals surface area contributed by atoms with Crippen molar-refractivity contribution in [2.24, 2.45) is 5.73 Å². The number of aryl methyl sites for hydroxylation is 2. The lowest BCUT2D eigenvalue weighted by Gasteiger charge is -2.28. The van der Waals surface area contributed by atoms with Crippen LogP contribution in [-0.4, -0.2) is 26.1 Å². The van der Waals surface area contributed by atoms with Gasteiger partial charge in [-0.25, -0.2) is 13.2 Å². The van der Waals surface area contributed by atoms with Gasteiger partial charge in [0.05, 0.1) is 28.0 Å². The lowest BCUT2D eigenvalue weighted by atomic mass is 9.89. The van der Waals surface area contributed by atoms with Gasteiger partial charge in [0.2, 0.25) is 9.84 Å². The molecule has 198 valence electrons. The molecule has 5 rings (SSSR count). The summed E-state index contributed by atoms with van der Waals surface area (Å²) in [4.78, 5) is 26.9. The van der Waals surface area contributed by atoms with Gasteiger partial charge in [0.15, 0.2) is 0 Å². The largest absolute Gasteiger partial charge is 0.466 e. The molecule has 3 aromatic carbocycles. The first-order valence-electron chi connectivity index (χ1n) is 12.1. The topological polar surface area (TPSA) is 108 Å². The van der Waals surface area contributed by atoms with Crippen molar-refractivity contribution in [1.82, 2.24) is 4.57 Å². The van der Waals surface area contributed by atoms with Crippen LogP contribution in [0.5, 0.6) is 0 Å². The maximum absolute atomic E-state index is 14.1. The molecule has 2 N–H and O–H groups in total. The number of nitrogens with two attached hydrogens (primary N) is 1. The third-order valence-corrected chi connectivity index (χ3v) is 9.66. The number of aromatic nitrogens is 1. The molecule has 0 saturated carbocycles. The van der Waals surface area contributed by atoms with Crippen molar-refractivity contribution in [3.8, 4) is 0 Å². The van der Waals surface area contributed by atoms with Gasteiger partial charge < -0.3 is 10.5 Å². The van der Waals surface area contributed by atoms with E-state index in [0.717, 1.165) is 32.6 Å². The molecule has 7 nitrogen and oxygen atoms in total. The second-order valence-electron chi connectivity index (χ2n) is 9.28. The number of thiazole rings is 1. The average molecular weight is 559 g/mol. The van der Waals surface area contributed by atoms with Crippen LogP contribution in [0.4, 0.5) is 0 Å². The molecule has 0 radical (unpaired) electrons. The maximum Gasteiger partial charge on any atom is 0.337 e. The van der Waals surface area contributed by atoms with Crippen molar-refractivity contribution in [2.45, 2.75) is 24.7 Å². The summed E-state index contributed by atoms with van der Waals surface area (Å²) in [5, 5.41) is 0. The Labute approximate surface area is 229 Å². The summed E-state index contributed by atoms with van der Waals surface area (Å²) < 4.78 is 35.1. The standard InChI is InChI=1S/C30H26N2O5S2/c1-18-9-13-20(14-10-18)17-23-28(33)32-27(31)26(39(35,36)22-7-5-4-6-8-22)24(21-15-11-19(2)12-16-21)25(29(32)38-23)30(34)37-3/h4-17,24H,31H2,1-3H3/b23-17+/t24-/m1/s1.